The van der Waals surface area contributed by atoms with E-state index < -0.39 is 24.5 Å². The fraction of sp³-hybridized carbons (Fsp3) is 0.333. The molecule has 0 saturated heterocycles. The zero-order valence-corrected chi connectivity index (χ0v) is 17.0. The zero-order chi connectivity index (χ0) is 21.0. The van der Waals surface area contributed by atoms with E-state index in [0.717, 1.165) is 29.7 Å². The molecule has 8 heteroatoms. The van der Waals surface area contributed by atoms with Crippen molar-refractivity contribution in [1.82, 2.24) is 0 Å². The standard InChI is InChI=1S/C21H21NO6S/c1-12-3-8-15-16(9-12)29-19(18(15)21(26)27-2)22-17(24)11-28-20(25)14-6-4-13(10-23)5-7-14/h4-7,10,12H,3,8-9,11H2,1-2H3,(H,22,24)/t12-/m0/s1. The number of benzene rings is 1. The second kappa shape index (κ2) is 9.00. The Morgan fingerprint density at radius 1 is 1.21 bits per heavy atom. The van der Waals surface area contributed by atoms with Gasteiger partial charge in [0.25, 0.3) is 5.91 Å². The molecule has 0 spiro atoms. The lowest BCUT2D eigenvalue weighted by molar-refractivity contribution is -0.119. The van der Waals surface area contributed by atoms with E-state index in [1.165, 1.54) is 42.7 Å². The summed E-state index contributed by atoms with van der Waals surface area (Å²) in [6.07, 6.45) is 3.26. The van der Waals surface area contributed by atoms with Crippen molar-refractivity contribution >= 4 is 40.5 Å². The van der Waals surface area contributed by atoms with Gasteiger partial charge in [0.15, 0.2) is 6.61 Å². The van der Waals surface area contributed by atoms with Crippen LogP contribution < -0.4 is 5.32 Å². The van der Waals surface area contributed by atoms with Crippen LogP contribution in [0.15, 0.2) is 24.3 Å². The van der Waals surface area contributed by atoms with Crippen LogP contribution in [0.3, 0.4) is 0 Å². The summed E-state index contributed by atoms with van der Waals surface area (Å²) in [4.78, 5) is 48.4. The molecule has 0 radical (unpaired) electrons. The molecule has 0 unspecified atom stereocenters. The van der Waals surface area contributed by atoms with Crippen LogP contribution >= 0.6 is 11.3 Å². The number of fused-ring (bicyclic) bond motifs is 1. The molecule has 1 aliphatic rings. The van der Waals surface area contributed by atoms with Crippen molar-refractivity contribution in [3.05, 3.63) is 51.4 Å². The predicted molar refractivity (Wildman–Crippen MR) is 108 cm³/mol. The second-order valence-corrected chi connectivity index (χ2v) is 8.02. The first-order valence-electron chi connectivity index (χ1n) is 9.18. The van der Waals surface area contributed by atoms with Crippen molar-refractivity contribution in [3.63, 3.8) is 0 Å². The van der Waals surface area contributed by atoms with Crippen LogP contribution in [-0.4, -0.2) is 37.8 Å². The van der Waals surface area contributed by atoms with Gasteiger partial charge in [-0.3, -0.25) is 9.59 Å². The van der Waals surface area contributed by atoms with Gasteiger partial charge in [-0.2, -0.15) is 0 Å². The average Bonchev–Trinajstić information content (AvgIpc) is 3.08. The maximum atomic E-state index is 12.3. The van der Waals surface area contributed by atoms with Crippen molar-refractivity contribution < 1.29 is 28.7 Å². The van der Waals surface area contributed by atoms with Gasteiger partial charge in [-0.15, -0.1) is 11.3 Å². The summed E-state index contributed by atoms with van der Waals surface area (Å²) in [5, 5.41) is 3.10. The summed E-state index contributed by atoms with van der Waals surface area (Å²) >= 11 is 1.37. The number of rotatable bonds is 6. The Kier molecular flexibility index (Phi) is 6.43. The minimum absolute atomic E-state index is 0.235. The number of thiophene rings is 1. The molecule has 1 aromatic carbocycles. The summed E-state index contributed by atoms with van der Waals surface area (Å²) in [5.41, 5.74) is 2.00. The second-order valence-electron chi connectivity index (χ2n) is 6.91. The van der Waals surface area contributed by atoms with E-state index in [1.54, 1.807) is 0 Å². The number of nitrogens with one attached hydrogen (secondary N) is 1. The molecule has 1 aliphatic carbocycles. The monoisotopic (exact) mass is 415 g/mol. The molecule has 0 aliphatic heterocycles. The van der Waals surface area contributed by atoms with E-state index in [9.17, 15) is 19.2 Å². The van der Waals surface area contributed by atoms with Gasteiger partial charge in [0, 0.05) is 10.4 Å². The Morgan fingerprint density at radius 3 is 2.59 bits per heavy atom. The summed E-state index contributed by atoms with van der Waals surface area (Å²) in [7, 11) is 1.31. The van der Waals surface area contributed by atoms with Crippen LogP contribution in [0.25, 0.3) is 0 Å². The molecule has 0 fully saturated rings. The molecule has 1 atom stereocenters. The number of ether oxygens (including phenoxy) is 2. The first-order valence-corrected chi connectivity index (χ1v) is 9.99. The maximum Gasteiger partial charge on any atom is 0.341 e. The molecular weight excluding hydrogens is 394 g/mol. The Labute approximate surface area is 172 Å². The third kappa shape index (κ3) is 4.71. The lowest BCUT2D eigenvalue weighted by Gasteiger charge is -2.18. The molecule has 0 saturated carbocycles. The van der Waals surface area contributed by atoms with Gasteiger partial charge in [0.1, 0.15) is 11.3 Å². The van der Waals surface area contributed by atoms with Gasteiger partial charge in [0.05, 0.1) is 18.2 Å². The minimum Gasteiger partial charge on any atom is -0.465 e. The van der Waals surface area contributed by atoms with E-state index in [-0.39, 0.29) is 5.56 Å². The highest BCUT2D eigenvalue weighted by atomic mass is 32.1. The topological polar surface area (TPSA) is 98.8 Å². The Morgan fingerprint density at radius 2 is 1.93 bits per heavy atom. The summed E-state index contributed by atoms with van der Waals surface area (Å²) < 4.78 is 9.92. The molecule has 1 heterocycles. The van der Waals surface area contributed by atoms with Crippen LogP contribution in [0.1, 0.15) is 54.9 Å². The Bertz CT molecular complexity index is 947. The molecule has 2 aromatic rings. The fourth-order valence-corrected chi connectivity index (χ4v) is 4.65. The number of esters is 2. The Hall–Kier alpha value is -3.00. The van der Waals surface area contributed by atoms with Crippen LogP contribution in [0.2, 0.25) is 0 Å². The smallest absolute Gasteiger partial charge is 0.341 e. The van der Waals surface area contributed by atoms with E-state index >= 15 is 0 Å². The first-order chi connectivity index (χ1) is 13.9. The fourth-order valence-electron chi connectivity index (χ4n) is 3.23. The van der Waals surface area contributed by atoms with Crippen LogP contribution in [0.4, 0.5) is 5.00 Å². The quantitative estimate of drug-likeness (QED) is 0.574. The third-order valence-electron chi connectivity index (χ3n) is 4.77. The van der Waals surface area contributed by atoms with E-state index in [2.05, 4.69) is 12.2 Å². The minimum atomic E-state index is -0.676. The van der Waals surface area contributed by atoms with Crippen molar-refractivity contribution in [3.8, 4) is 0 Å². The summed E-state index contributed by atoms with van der Waals surface area (Å²) in [5.74, 6) is -1.19. The largest absolute Gasteiger partial charge is 0.465 e. The molecule has 3 rings (SSSR count). The number of carbonyl (C=O) groups excluding carboxylic acids is 4. The molecule has 0 bridgehead atoms. The zero-order valence-electron chi connectivity index (χ0n) is 16.2. The number of carbonyl (C=O) groups is 4. The molecule has 1 N–H and O–H groups in total. The van der Waals surface area contributed by atoms with Gasteiger partial charge in [-0.05, 0) is 42.9 Å². The molecule has 152 valence electrons. The van der Waals surface area contributed by atoms with Gasteiger partial charge < -0.3 is 14.8 Å². The van der Waals surface area contributed by atoms with E-state index in [4.69, 9.17) is 9.47 Å². The number of amides is 1. The van der Waals surface area contributed by atoms with Crippen LogP contribution in [0.5, 0.6) is 0 Å². The number of aldehydes is 1. The van der Waals surface area contributed by atoms with E-state index in [1.807, 2.05) is 0 Å². The number of anilines is 1. The third-order valence-corrected chi connectivity index (χ3v) is 5.94. The first kappa shape index (κ1) is 20.7. The van der Waals surface area contributed by atoms with Crippen molar-refractivity contribution in [2.75, 3.05) is 19.0 Å². The molecule has 1 amide bonds. The molecule has 1 aromatic heterocycles. The van der Waals surface area contributed by atoms with Gasteiger partial charge in [0.2, 0.25) is 0 Å². The van der Waals surface area contributed by atoms with Crippen LogP contribution in [0, 0.1) is 5.92 Å². The summed E-state index contributed by atoms with van der Waals surface area (Å²) in [6.45, 7) is 1.66. The number of hydrogen-bond acceptors (Lipinski definition) is 7. The van der Waals surface area contributed by atoms with Gasteiger partial charge >= 0.3 is 11.9 Å². The number of hydrogen-bond donors (Lipinski definition) is 1. The highest BCUT2D eigenvalue weighted by Gasteiger charge is 2.29. The lowest BCUT2D eigenvalue weighted by atomic mass is 9.88. The van der Waals surface area contributed by atoms with Crippen molar-refractivity contribution in [1.29, 1.82) is 0 Å². The van der Waals surface area contributed by atoms with Gasteiger partial charge in [-0.1, -0.05) is 19.1 Å². The van der Waals surface area contributed by atoms with Crippen molar-refractivity contribution in [2.24, 2.45) is 5.92 Å². The maximum absolute atomic E-state index is 12.3. The number of methoxy groups -OCH3 is 1. The predicted octanol–water partition coefficient (Wildman–Crippen LogP) is 3.27. The van der Waals surface area contributed by atoms with E-state index in [0.29, 0.717) is 28.3 Å². The lowest BCUT2D eigenvalue weighted by Crippen LogP contribution is -2.22. The van der Waals surface area contributed by atoms with Crippen LogP contribution in [-0.2, 0) is 27.1 Å². The highest BCUT2D eigenvalue weighted by Crippen LogP contribution is 2.40. The Balaban J connectivity index is 1.67. The van der Waals surface area contributed by atoms with Gasteiger partial charge in [-0.25, -0.2) is 9.59 Å². The molecular formula is C21H21NO6S. The SMILES string of the molecule is COC(=O)c1c(NC(=O)COC(=O)c2ccc(C=O)cc2)sc2c1CC[C@H](C)C2. The normalized spacial score (nSPS) is 15.2. The van der Waals surface area contributed by atoms with Crippen molar-refractivity contribution in [2.45, 2.75) is 26.2 Å². The summed E-state index contributed by atoms with van der Waals surface area (Å²) in [6, 6.07) is 5.88. The highest BCUT2D eigenvalue weighted by molar-refractivity contribution is 7.17. The molecule has 7 nitrogen and oxygen atoms in total. The molecule has 29 heavy (non-hydrogen) atoms. The average molecular weight is 415 g/mol.